The number of carbonyl (C=O) groups excluding carboxylic acids is 2. The summed E-state index contributed by atoms with van der Waals surface area (Å²) in [5.74, 6) is -1.10. The van der Waals surface area contributed by atoms with Gasteiger partial charge in [-0.25, -0.2) is 8.42 Å². The van der Waals surface area contributed by atoms with Gasteiger partial charge < -0.3 is 0 Å². The summed E-state index contributed by atoms with van der Waals surface area (Å²) < 4.78 is 27.1. The summed E-state index contributed by atoms with van der Waals surface area (Å²) in [6.45, 7) is 3.82. The second-order valence-corrected chi connectivity index (χ2v) is 9.08. The zero-order chi connectivity index (χ0) is 22.6. The summed E-state index contributed by atoms with van der Waals surface area (Å²) in [6.07, 6.45) is 0. The lowest BCUT2D eigenvalue weighted by Crippen LogP contribution is -2.41. The molecule has 0 heterocycles. The van der Waals surface area contributed by atoms with Crippen LogP contribution < -0.4 is 15.2 Å². The van der Waals surface area contributed by atoms with Crippen molar-refractivity contribution in [3.8, 4) is 0 Å². The molecule has 0 saturated carbocycles. The zero-order valence-electron chi connectivity index (χ0n) is 17.4. The number of nitrogens with one attached hydrogen (secondary N) is 2. The fourth-order valence-electron chi connectivity index (χ4n) is 2.81. The van der Waals surface area contributed by atoms with Crippen molar-refractivity contribution in [2.75, 3.05) is 11.4 Å². The van der Waals surface area contributed by atoms with E-state index < -0.39 is 21.8 Å². The van der Waals surface area contributed by atoms with Crippen molar-refractivity contribution < 1.29 is 18.0 Å². The van der Waals surface area contributed by atoms with E-state index in [0.29, 0.717) is 11.3 Å². The van der Waals surface area contributed by atoms with Crippen molar-refractivity contribution in [1.29, 1.82) is 0 Å². The number of hydrazine groups is 1. The molecule has 0 aliphatic carbocycles. The van der Waals surface area contributed by atoms with Crippen molar-refractivity contribution >= 4 is 27.5 Å². The summed E-state index contributed by atoms with van der Waals surface area (Å²) >= 11 is 0. The summed E-state index contributed by atoms with van der Waals surface area (Å²) in [5.41, 5.74) is 7.66. The van der Waals surface area contributed by atoms with Gasteiger partial charge in [0.15, 0.2) is 0 Å². The first kappa shape index (κ1) is 22.0. The molecule has 0 bridgehead atoms. The first-order valence-electron chi connectivity index (χ1n) is 9.51. The highest BCUT2D eigenvalue weighted by Crippen LogP contribution is 2.23. The molecule has 0 saturated heterocycles. The molecule has 2 amide bonds. The van der Waals surface area contributed by atoms with Crippen LogP contribution in [0.5, 0.6) is 0 Å². The number of hydrogen-bond donors (Lipinski definition) is 2. The Hall–Kier alpha value is -3.65. The predicted molar refractivity (Wildman–Crippen MR) is 119 cm³/mol. The topological polar surface area (TPSA) is 95.6 Å². The number of benzene rings is 3. The third-order valence-electron chi connectivity index (χ3n) is 4.76. The van der Waals surface area contributed by atoms with Crippen molar-refractivity contribution in [1.82, 2.24) is 10.9 Å². The number of anilines is 1. The molecule has 0 aliphatic rings. The molecule has 0 fully saturated rings. The molecule has 8 heteroatoms. The molecule has 0 radical (unpaired) electrons. The Kier molecular flexibility index (Phi) is 6.41. The molecule has 160 valence electrons. The number of amides is 2. The van der Waals surface area contributed by atoms with E-state index in [1.54, 1.807) is 36.4 Å². The number of hydrogen-bond acceptors (Lipinski definition) is 4. The molecule has 0 aromatic heterocycles. The minimum Gasteiger partial charge on any atom is -0.269 e. The Morgan fingerprint density at radius 2 is 1.26 bits per heavy atom. The maximum Gasteiger partial charge on any atom is 0.269 e. The molecule has 31 heavy (non-hydrogen) atoms. The minimum absolute atomic E-state index is 0.0342. The number of aryl methyl sites for hydroxylation is 2. The second kappa shape index (κ2) is 9.01. The van der Waals surface area contributed by atoms with Gasteiger partial charge in [-0.1, -0.05) is 41.5 Å². The maximum atomic E-state index is 13.0. The van der Waals surface area contributed by atoms with Gasteiger partial charge in [-0.3, -0.25) is 24.7 Å². The lowest BCUT2D eigenvalue weighted by Gasteiger charge is -2.20. The molecule has 3 aromatic carbocycles. The largest absolute Gasteiger partial charge is 0.269 e. The normalized spacial score (nSPS) is 10.9. The van der Waals surface area contributed by atoms with Crippen LogP contribution in [0.4, 0.5) is 5.69 Å². The number of carbonyl (C=O) groups is 2. The van der Waals surface area contributed by atoms with E-state index in [4.69, 9.17) is 0 Å². The van der Waals surface area contributed by atoms with Crippen LogP contribution in [0, 0.1) is 13.8 Å². The van der Waals surface area contributed by atoms with Crippen molar-refractivity contribution in [3.63, 3.8) is 0 Å². The lowest BCUT2D eigenvalue weighted by molar-refractivity contribution is 0.0846. The third-order valence-corrected chi connectivity index (χ3v) is 6.54. The van der Waals surface area contributed by atoms with Crippen LogP contribution >= 0.6 is 0 Å². The van der Waals surface area contributed by atoms with Crippen molar-refractivity contribution in [2.45, 2.75) is 18.7 Å². The van der Waals surface area contributed by atoms with Gasteiger partial charge in [0.2, 0.25) is 0 Å². The van der Waals surface area contributed by atoms with Crippen LogP contribution in [0.1, 0.15) is 31.8 Å². The summed E-state index contributed by atoms with van der Waals surface area (Å²) in [4.78, 5) is 24.6. The molecule has 0 spiro atoms. The average Bonchev–Trinajstić information content (AvgIpc) is 2.77. The van der Waals surface area contributed by atoms with Gasteiger partial charge in [-0.2, -0.15) is 0 Å². The highest BCUT2D eigenvalue weighted by Gasteiger charge is 2.22. The van der Waals surface area contributed by atoms with E-state index >= 15 is 0 Å². The van der Waals surface area contributed by atoms with E-state index in [-0.39, 0.29) is 10.5 Å². The smallest absolute Gasteiger partial charge is 0.269 e. The standard InChI is InChI=1S/C23H23N3O4S/c1-16-7-11-18(12-8-16)22(27)24-25-23(28)19-5-4-6-21(15-19)31(29,30)26(3)20-13-9-17(2)10-14-20/h4-15H,1-3H3,(H,24,27)(H,25,28). The van der Waals surface area contributed by atoms with Crippen LogP contribution in [0.2, 0.25) is 0 Å². The molecule has 3 rings (SSSR count). The van der Waals surface area contributed by atoms with Crippen molar-refractivity contribution in [3.05, 3.63) is 95.1 Å². The quantitative estimate of drug-likeness (QED) is 0.599. The molecule has 0 atom stereocenters. The molecular formula is C23H23N3O4S. The van der Waals surface area contributed by atoms with E-state index in [1.165, 1.54) is 31.3 Å². The summed E-state index contributed by atoms with van der Waals surface area (Å²) in [6, 6.07) is 19.6. The zero-order valence-corrected chi connectivity index (χ0v) is 18.2. The van der Waals surface area contributed by atoms with Crippen LogP contribution in [-0.4, -0.2) is 27.3 Å². The van der Waals surface area contributed by atoms with Gasteiger partial charge in [0, 0.05) is 18.2 Å². The number of sulfonamides is 1. The molecule has 0 unspecified atom stereocenters. The first-order valence-corrected chi connectivity index (χ1v) is 11.0. The summed E-state index contributed by atoms with van der Waals surface area (Å²) in [7, 11) is -2.42. The van der Waals surface area contributed by atoms with Crippen LogP contribution in [-0.2, 0) is 10.0 Å². The van der Waals surface area contributed by atoms with Crippen molar-refractivity contribution in [2.24, 2.45) is 0 Å². The Morgan fingerprint density at radius 1 is 0.742 bits per heavy atom. The Bertz CT molecular complexity index is 1200. The Morgan fingerprint density at radius 3 is 1.84 bits per heavy atom. The fraction of sp³-hybridized carbons (Fsp3) is 0.130. The van der Waals surface area contributed by atoms with E-state index in [9.17, 15) is 18.0 Å². The average molecular weight is 438 g/mol. The molecule has 2 N–H and O–H groups in total. The predicted octanol–water partition coefficient (Wildman–Crippen LogP) is 3.20. The molecular weight excluding hydrogens is 414 g/mol. The fourth-order valence-corrected chi connectivity index (χ4v) is 4.05. The number of nitrogens with zero attached hydrogens (tertiary/aromatic N) is 1. The minimum atomic E-state index is -3.87. The van der Waals surface area contributed by atoms with E-state index in [1.807, 2.05) is 26.0 Å². The maximum absolute atomic E-state index is 13.0. The van der Waals surface area contributed by atoms with Crippen LogP contribution in [0.15, 0.2) is 77.7 Å². The Balaban J connectivity index is 1.74. The van der Waals surface area contributed by atoms with Gasteiger partial charge in [0.05, 0.1) is 10.6 Å². The van der Waals surface area contributed by atoms with Gasteiger partial charge in [0.1, 0.15) is 0 Å². The molecule has 0 aliphatic heterocycles. The van der Waals surface area contributed by atoms with E-state index in [2.05, 4.69) is 10.9 Å². The van der Waals surface area contributed by atoms with Crippen LogP contribution in [0.3, 0.4) is 0 Å². The molecule has 7 nitrogen and oxygen atoms in total. The van der Waals surface area contributed by atoms with Gasteiger partial charge in [0.25, 0.3) is 21.8 Å². The lowest BCUT2D eigenvalue weighted by atomic mass is 10.1. The highest BCUT2D eigenvalue weighted by molar-refractivity contribution is 7.92. The Labute approximate surface area is 181 Å². The van der Waals surface area contributed by atoms with Gasteiger partial charge in [-0.05, 0) is 56.3 Å². The summed E-state index contributed by atoms with van der Waals surface area (Å²) in [5, 5.41) is 0. The molecule has 3 aromatic rings. The van der Waals surface area contributed by atoms with Crippen LogP contribution in [0.25, 0.3) is 0 Å². The highest BCUT2D eigenvalue weighted by atomic mass is 32.2. The second-order valence-electron chi connectivity index (χ2n) is 7.11. The van der Waals surface area contributed by atoms with Gasteiger partial charge >= 0.3 is 0 Å². The number of rotatable bonds is 5. The first-order chi connectivity index (χ1) is 14.7. The monoisotopic (exact) mass is 437 g/mol. The SMILES string of the molecule is Cc1ccc(C(=O)NNC(=O)c2cccc(S(=O)(=O)N(C)c3ccc(C)cc3)c2)cc1. The van der Waals surface area contributed by atoms with Gasteiger partial charge in [-0.15, -0.1) is 0 Å². The van der Waals surface area contributed by atoms with E-state index in [0.717, 1.165) is 15.4 Å². The third kappa shape index (κ3) is 5.10.